The first kappa shape index (κ1) is 11.1. The largest absolute Gasteiger partial charge is 0.382 e. The van der Waals surface area contributed by atoms with Crippen molar-refractivity contribution in [3.63, 3.8) is 0 Å². The van der Waals surface area contributed by atoms with Crippen molar-refractivity contribution in [2.45, 2.75) is 38.6 Å². The fourth-order valence-electron chi connectivity index (χ4n) is 2.18. The highest BCUT2D eigenvalue weighted by Crippen LogP contribution is 2.23. The van der Waals surface area contributed by atoms with Gasteiger partial charge in [0.05, 0.1) is 0 Å². The lowest BCUT2D eigenvalue weighted by molar-refractivity contribution is 0.101. The van der Waals surface area contributed by atoms with Crippen molar-refractivity contribution in [2.24, 2.45) is 0 Å². The quantitative estimate of drug-likeness (QED) is 0.793. The molecule has 2 nitrogen and oxygen atoms in total. The summed E-state index contributed by atoms with van der Waals surface area (Å²) in [6.07, 6.45) is 4.72. The normalized spacial score (nSPS) is 16.4. The van der Waals surface area contributed by atoms with Crippen molar-refractivity contribution in [3.05, 3.63) is 29.6 Å². The van der Waals surface area contributed by atoms with E-state index in [1.807, 2.05) is 0 Å². The van der Waals surface area contributed by atoms with Crippen LogP contribution in [0.25, 0.3) is 0 Å². The molecule has 1 aromatic carbocycles. The molecule has 16 heavy (non-hydrogen) atoms. The van der Waals surface area contributed by atoms with E-state index < -0.39 is 0 Å². The molecule has 2 rings (SSSR count). The van der Waals surface area contributed by atoms with E-state index in [1.54, 1.807) is 6.07 Å². The molecule has 86 valence electrons. The van der Waals surface area contributed by atoms with E-state index in [9.17, 15) is 9.18 Å². The molecule has 0 unspecified atom stereocenters. The summed E-state index contributed by atoms with van der Waals surface area (Å²) in [4.78, 5) is 11.2. The summed E-state index contributed by atoms with van der Waals surface area (Å²) in [7, 11) is 0. The van der Waals surface area contributed by atoms with Gasteiger partial charge in [-0.15, -0.1) is 0 Å². The second-order valence-electron chi connectivity index (χ2n) is 4.41. The lowest BCUT2D eigenvalue weighted by atomic mass is 10.1. The van der Waals surface area contributed by atoms with Crippen LogP contribution in [0.4, 0.5) is 10.1 Å². The standard InChI is InChI=1S/C13H16FNO/c1-9(16)10-6-11(14)8-13(7-10)15-12-4-2-3-5-12/h6-8,12,15H,2-5H2,1H3. The number of hydrogen-bond acceptors (Lipinski definition) is 2. The van der Waals surface area contributed by atoms with Crippen LogP contribution in [-0.2, 0) is 0 Å². The second-order valence-corrected chi connectivity index (χ2v) is 4.41. The number of anilines is 1. The average Bonchev–Trinajstić information content (AvgIpc) is 2.69. The fraction of sp³-hybridized carbons (Fsp3) is 0.462. The molecule has 1 aromatic rings. The van der Waals surface area contributed by atoms with Gasteiger partial charge in [0.1, 0.15) is 5.82 Å². The molecule has 0 radical (unpaired) electrons. The van der Waals surface area contributed by atoms with Crippen molar-refractivity contribution < 1.29 is 9.18 Å². The molecule has 0 spiro atoms. The molecular weight excluding hydrogens is 205 g/mol. The average molecular weight is 221 g/mol. The predicted octanol–water partition coefficient (Wildman–Crippen LogP) is 3.38. The minimum absolute atomic E-state index is 0.103. The summed E-state index contributed by atoms with van der Waals surface area (Å²) in [6, 6.07) is 4.89. The van der Waals surface area contributed by atoms with Gasteiger partial charge in [0.25, 0.3) is 0 Å². The van der Waals surface area contributed by atoms with Gasteiger partial charge in [0, 0.05) is 17.3 Å². The van der Waals surface area contributed by atoms with E-state index in [1.165, 1.54) is 31.9 Å². The number of halogens is 1. The van der Waals surface area contributed by atoms with Crippen molar-refractivity contribution in [2.75, 3.05) is 5.32 Å². The number of rotatable bonds is 3. The third-order valence-electron chi connectivity index (χ3n) is 3.03. The molecule has 0 amide bonds. The summed E-state index contributed by atoms with van der Waals surface area (Å²) in [5, 5.41) is 3.28. The first-order chi connectivity index (χ1) is 7.65. The molecule has 0 saturated heterocycles. The number of ketones is 1. The summed E-state index contributed by atoms with van der Waals surface area (Å²) in [5.74, 6) is -0.456. The predicted molar refractivity (Wildman–Crippen MR) is 62.3 cm³/mol. The molecule has 0 heterocycles. The molecular formula is C13H16FNO. The first-order valence-corrected chi connectivity index (χ1v) is 5.73. The van der Waals surface area contributed by atoms with Gasteiger partial charge in [-0.05, 0) is 38.0 Å². The Morgan fingerprint density at radius 2 is 2.00 bits per heavy atom. The zero-order chi connectivity index (χ0) is 11.5. The van der Waals surface area contributed by atoms with Crippen LogP contribution in [0, 0.1) is 5.82 Å². The molecule has 1 fully saturated rings. The van der Waals surface area contributed by atoms with Crippen molar-refractivity contribution >= 4 is 11.5 Å². The highest BCUT2D eigenvalue weighted by Gasteiger charge is 2.15. The molecule has 1 aliphatic rings. The van der Waals surface area contributed by atoms with Gasteiger partial charge in [-0.2, -0.15) is 0 Å². The molecule has 0 atom stereocenters. The maximum Gasteiger partial charge on any atom is 0.159 e. The van der Waals surface area contributed by atoms with Crippen LogP contribution in [0.2, 0.25) is 0 Å². The first-order valence-electron chi connectivity index (χ1n) is 5.73. The summed E-state index contributed by atoms with van der Waals surface area (Å²) < 4.78 is 13.3. The Hall–Kier alpha value is -1.38. The minimum atomic E-state index is -0.354. The maximum atomic E-state index is 13.3. The van der Waals surface area contributed by atoms with Crippen LogP contribution < -0.4 is 5.32 Å². The number of carbonyl (C=O) groups excluding carboxylic acids is 1. The third-order valence-corrected chi connectivity index (χ3v) is 3.03. The van der Waals surface area contributed by atoms with Crippen LogP contribution in [0.1, 0.15) is 43.0 Å². The second kappa shape index (κ2) is 4.64. The topological polar surface area (TPSA) is 29.1 Å². The van der Waals surface area contributed by atoms with E-state index in [4.69, 9.17) is 0 Å². The van der Waals surface area contributed by atoms with E-state index in [0.717, 1.165) is 18.5 Å². The van der Waals surface area contributed by atoms with Crippen LogP contribution in [-0.4, -0.2) is 11.8 Å². The number of carbonyl (C=O) groups is 1. The van der Waals surface area contributed by atoms with Gasteiger partial charge in [0.15, 0.2) is 5.78 Å². The monoisotopic (exact) mass is 221 g/mol. The minimum Gasteiger partial charge on any atom is -0.382 e. The zero-order valence-corrected chi connectivity index (χ0v) is 9.42. The Morgan fingerprint density at radius 1 is 1.31 bits per heavy atom. The number of nitrogens with one attached hydrogen (secondary N) is 1. The molecule has 0 aromatic heterocycles. The lowest BCUT2D eigenvalue weighted by Crippen LogP contribution is -2.14. The van der Waals surface area contributed by atoms with Gasteiger partial charge in [-0.1, -0.05) is 12.8 Å². The molecule has 1 aliphatic carbocycles. The fourth-order valence-corrected chi connectivity index (χ4v) is 2.18. The third kappa shape index (κ3) is 2.60. The van der Waals surface area contributed by atoms with Gasteiger partial charge >= 0.3 is 0 Å². The van der Waals surface area contributed by atoms with E-state index >= 15 is 0 Å². The highest BCUT2D eigenvalue weighted by molar-refractivity contribution is 5.95. The Bertz CT molecular complexity index is 397. The van der Waals surface area contributed by atoms with E-state index in [-0.39, 0.29) is 11.6 Å². The molecule has 3 heteroatoms. The SMILES string of the molecule is CC(=O)c1cc(F)cc(NC2CCCC2)c1. The number of hydrogen-bond donors (Lipinski definition) is 1. The summed E-state index contributed by atoms with van der Waals surface area (Å²) in [5.41, 5.74) is 1.15. The molecule has 1 N–H and O–H groups in total. The number of benzene rings is 1. The van der Waals surface area contributed by atoms with Crippen molar-refractivity contribution in [1.29, 1.82) is 0 Å². The van der Waals surface area contributed by atoms with E-state index in [2.05, 4.69) is 5.32 Å². The highest BCUT2D eigenvalue weighted by atomic mass is 19.1. The summed E-state index contributed by atoms with van der Waals surface area (Å²) >= 11 is 0. The van der Waals surface area contributed by atoms with Crippen molar-refractivity contribution in [1.82, 2.24) is 0 Å². The van der Waals surface area contributed by atoms with Gasteiger partial charge in [0.2, 0.25) is 0 Å². The Labute approximate surface area is 94.9 Å². The van der Waals surface area contributed by atoms with Crippen LogP contribution in [0.5, 0.6) is 0 Å². The lowest BCUT2D eigenvalue weighted by Gasteiger charge is -2.14. The van der Waals surface area contributed by atoms with Gasteiger partial charge < -0.3 is 5.32 Å². The summed E-state index contributed by atoms with van der Waals surface area (Å²) in [6.45, 7) is 1.45. The Kier molecular flexibility index (Phi) is 3.22. The molecule has 0 bridgehead atoms. The maximum absolute atomic E-state index is 13.3. The number of Topliss-reactive ketones (excluding diaryl/α,β-unsaturated/α-hetero) is 1. The van der Waals surface area contributed by atoms with Gasteiger partial charge in [-0.25, -0.2) is 4.39 Å². The smallest absolute Gasteiger partial charge is 0.159 e. The van der Waals surface area contributed by atoms with Crippen molar-refractivity contribution in [3.8, 4) is 0 Å². The zero-order valence-electron chi connectivity index (χ0n) is 9.42. The van der Waals surface area contributed by atoms with Crippen LogP contribution in [0.3, 0.4) is 0 Å². The van der Waals surface area contributed by atoms with Crippen LogP contribution in [0.15, 0.2) is 18.2 Å². The Morgan fingerprint density at radius 3 is 2.62 bits per heavy atom. The molecule has 0 aliphatic heterocycles. The van der Waals surface area contributed by atoms with Crippen LogP contribution >= 0.6 is 0 Å². The Balaban J connectivity index is 2.16. The van der Waals surface area contributed by atoms with Gasteiger partial charge in [-0.3, -0.25) is 4.79 Å². The van der Waals surface area contributed by atoms with E-state index in [0.29, 0.717) is 11.6 Å². The molecule has 1 saturated carbocycles.